The average molecular weight is 290 g/mol. The van der Waals surface area contributed by atoms with Gasteiger partial charge in [-0.05, 0) is 11.1 Å². The van der Waals surface area contributed by atoms with Crippen LogP contribution in [-0.4, -0.2) is 39.0 Å². The molecule has 2 rings (SSSR count). The van der Waals surface area contributed by atoms with Crippen LogP contribution in [0.3, 0.4) is 0 Å². The molecule has 18 heavy (non-hydrogen) atoms. The molecule has 0 aliphatic carbocycles. The minimum absolute atomic E-state index is 0.0255. The van der Waals surface area contributed by atoms with E-state index < -0.39 is 10.0 Å². The van der Waals surface area contributed by atoms with Crippen molar-refractivity contribution in [3.8, 4) is 0 Å². The summed E-state index contributed by atoms with van der Waals surface area (Å²) in [5.74, 6) is 0.420. The lowest BCUT2D eigenvalue weighted by Gasteiger charge is -2.26. The molecule has 0 amide bonds. The number of halogens is 1. The zero-order valence-electron chi connectivity index (χ0n) is 10.0. The van der Waals surface area contributed by atoms with E-state index in [0.717, 1.165) is 11.1 Å². The van der Waals surface area contributed by atoms with Crippen LogP contribution in [0, 0.1) is 0 Å². The number of nitrogens with zero attached hydrogens (tertiary/aromatic N) is 1. The molecular weight excluding hydrogens is 274 g/mol. The fraction of sp³-hybridized carbons (Fsp3) is 0.500. The van der Waals surface area contributed by atoms with Crippen LogP contribution in [0.1, 0.15) is 11.1 Å². The molecule has 4 nitrogen and oxygen atoms in total. The summed E-state index contributed by atoms with van der Waals surface area (Å²) in [5, 5.41) is 0. The van der Waals surface area contributed by atoms with Crippen LogP contribution >= 0.6 is 11.6 Å². The maximum Gasteiger partial charge on any atom is 0.218 e. The van der Waals surface area contributed by atoms with Crippen LogP contribution in [0.25, 0.3) is 0 Å². The number of sulfonamides is 1. The van der Waals surface area contributed by atoms with Gasteiger partial charge in [-0.3, -0.25) is 0 Å². The topological polar surface area (TPSA) is 46.6 Å². The van der Waals surface area contributed by atoms with Crippen LogP contribution in [-0.2, 0) is 26.4 Å². The molecule has 1 fully saturated rings. The Kier molecular flexibility index (Phi) is 4.61. The molecule has 0 atom stereocenters. The molecule has 0 saturated carbocycles. The number of ether oxygens (including phenoxy) is 1. The Bertz CT molecular complexity index is 498. The van der Waals surface area contributed by atoms with Crippen molar-refractivity contribution in [2.45, 2.75) is 11.6 Å². The molecule has 1 heterocycles. The normalized spacial score (nSPS) is 17.8. The Morgan fingerprint density at radius 2 is 1.89 bits per heavy atom. The molecule has 0 spiro atoms. The summed E-state index contributed by atoms with van der Waals surface area (Å²) in [5.41, 5.74) is 1.71. The van der Waals surface area contributed by atoms with Crippen molar-refractivity contribution in [1.82, 2.24) is 4.31 Å². The van der Waals surface area contributed by atoms with Crippen molar-refractivity contribution in [3.63, 3.8) is 0 Å². The minimum Gasteiger partial charge on any atom is -0.379 e. The van der Waals surface area contributed by atoms with Gasteiger partial charge in [0.25, 0.3) is 0 Å². The van der Waals surface area contributed by atoms with Crippen molar-refractivity contribution in [2.24, 2.45) is 0 Å². The summed E-state index contributed by atoms with van der Waals surface area (Å²) < 4.78 is 31.0. The van der Waals surface area contributed by atoms with Gasteiger partial charge in [0.05, 0.1) is 19.0 Å². The maximum atomic E-state index is 12.2. The fourth-order valence-corrected chi connectivity index (χ4v) is 3.58. The highest BCUT2D eigenvalue weighted by Gasteiger charge is 2.24. The molecule has 0 radical (unpaired) electrons. The first kappa shape index (κ1) is 13.8. The van der Waals surface area contributed by atoms with E-state index in [1.165, 1.54) is 4.31 Å². The summed E-state index contributed by atoms with van der Waals surface area (Å²) in [6.07, 6.45) is 0. The first-order valence-corrected chi connectivity index (χ1v) is 7.95. The quantitative estimate of drug-likeness (QED) is 0.791. The SMILES string of the molecule is O=S(=O)(Cc1cccc(CCl)c1)N1CCOCC1. The smallest absolute Gasteiger partial charge is 0.218 e. The lowest BCUT2D eigenvalue weighted by molar-refractivity contribution is 0.0729. The Morgan fingerprint density at radius 1 is 1.22 bits per heavy atom. The minimum atomic E-state index is -3.25. The molecule has 1 saturated heterocycles. The predicted octanol–water partition coefficient (Wildman–Crippen LogP) is 1.59. The molecule has 6 heteroatoms. The maximum absolute atomic E-state index is 12.2. The lowest BCUT2D eigenvalue weighted by atomic mass is 10.2. The highest BCUT2D eigenvalue weighted by molar-refractivity contribution is 7.88. The fourth-order valence-electron chi connectivity index (χ4n) is 1.93. The highest BCUT2D eigenvalue weighted by atomic mass is 35.5. The molecule has 0 N–H and O–H groups in total. The van der Waals surface area contributed by atoms with Crippen molar-refractivity contribution in [3.05, 3.63) is 35.4 Å². The third kappa shape index (κ3) is 3.45. The summed E-state index contributed by atoms with van der Waals surface area (Å²) in [6.45, 7) is 1.83. The molecule has 1 aliphatic heterocycles. The summed E-state index contributed by atoms with van der Waals surface area (Å²) in [4.78, 5) is 0. The molecule has 100 valence electrons. The van der Waals surface area contributed by atoms with Crippen LogP contribution in [0.15, 0.2) is 24.3 Å². The lowest BCUT2D eigenvalue weighted by Crippen LogP contribution is -2.41. The number of hydrogen-bond acceptors (Lipinski definition) is 3. The van der Waals surface area contributed by atoms with Gasteiger partial charge in [-0.2, -0.15) is 4.31 Å². The second-order valence-corrected chi connectivity index (χ2v) is 6.46. The van der Waals surface area contributed by atoms with E-state index in [-0.39, 0.29) is 5.75 Å². The van der Waals surface area contributed by atoms with Crippen molar-refractivity contribution < 1.29 is 13.2 Å². The number of rotatable bonds is 4. The predicted molar refractivity (Wildman–Crippen MR) is 71.0 cm³/mol. The monoisotopic (exact) mass is 289 g/mol. The Morgan fingerprint density at radius 3 is 2.56 bits per heavy atom. The van der Waals surface area contributed by atoms with Gasteiger partial charge in [-0.25, -0.2) is 8.42 Å². The van der Waals surface area contributed by atoms with Gasteiger partial charge in [-0.15, -0.1) is 11.6 Å². The van der Waals surface area contributed by atoms with Crippen LogP contribution in [0.2, 0.25) is 0 Å². The second kappa shape index (κ2) is 6.02. The number of hydrogen-bond donors (Lipinski definition) is 0. The van der Waals surface area contributed by atoms with E-state index in [0.29, 0.717) is 32.2 Å². The van der Waals surface area contributed by atoms with E-state index in [1.54, 1.807) is 0 Å². The van der Waals surface area contributed by atoms with Gasteiger partial charge < -0.3 is 4.74 Å². The largest absolute Gasteiger partial charge is 0.379 e. The summed E-state index contributed by atoms with van der Waals surface area (Å²) >= 11 is 5.74. The van der Waals surface area contributed by atoms with Gasteiger partial charge in [0.1, 0.15) is 0 Å². The molecule has 1 aromatic rings. The van der Waals surface area contributed by atoms with Gasteiger partial charge >= 0.3 is 0 Å². The molecule has 0 bridgehead atoms. The highest BCUT2D eigenvalue weighted by Crippen LogP contribution is 2.15. The third-order valence-corrected chi connectivity index (χ3v) is 5.02. The van der Waals surface area contributed by atoms with E-state index in [1.807, 2.05) is 24.3 Å². The Balaban J connectivity index is 2.11. The summed E-state index contributed by atoms with van der Waals surface area (Å²) in [7, 11) is -3.25. The molecule has 0 aromatic heterocycles. The van der Waals surface area contributed by atoms with E-state index in [9.17, 15) is 8.42 Å². The Hall–Kier alpha value is -0.620. The van der Waals surface area contributed by atoms with Gasteiger partial charge in [-0.1, -0.05) is 24.3 Å². The Labute approximate surface area is 113 Å². The van der Waals surface area contributed by atoms with Crippen molar-refractivity contribution in [1.29, 1.82) is 0 Å². The third-order valence-electron chi connectivity index (χ3n) is 2.86. The van der Waals surface area contributed by atoms with Gasteiger partial charge in [0, 0.05) is 19.0 Å². The van der Waals surface area contributed by atoms with E-state index >= 15 is 0 Å². The molecule has 1 aromatic carbocycles. The zero-order valence-corrected chi connectivity index (χ0v) is 11.6. The number of benzene rings is 1. The first-order valence-electron chi connectivity index (χ1n) is 5.81. The van der Waals surface area contributed by atoms with E-state index in [2.05, 4.69) is 0 Å². The standard InChI is InChI=1S/C12H16ClNO3S/c13-9-11-2-1-3-12(8-11)10-18(15,16)14-4-6-17-7-5-14/h1-3,8H,4-7,9-10H2. The van der Waals surface area contributed by atoms with E-state index in [4.69, 9.17) is 16.3 Å². The molecule has 1 aliphatic rings. The van der Waals surface area contributed by atoms with Crippen molar-refractivity contribution >= 4 is 21.6 Å². The second-order valence-electron chi connectivity index (χ2n) is 4.22. The number of alkyl halides is 1. The summed E-state index contributed by atoms with van der Waals surface area (Å²) in [6, 6.07) is 7.37. The van der Waals surface area contributed by atoms with Crippen LogP contribution < -0.4 is 0 Å². The van der Waals surface area contributed by atoms with Crippen LogP contribution in [0.4, 0.5) is 0 Å². The van der Waals surface area contributed by atoms with Crippen LogP contribution in [0.5, 0.6) is 0 Å². The zero-order chi connectivity index (χ0) is 13.0. The van der Waals surface area contributed by atoms with Crippen molar-refractivity contribution in [2.75, 3.05) is 26.3 Å². The molecule has 0 unspecified atom stereocenters. The molecular formula is C12H16ClNO3S. The average Bonchev–Trinajstić information content (AvgIpc) is 2.39. The first-order chi connectivity index (χ1) is 8.62. The number of morpholine rings is 1. The van der Waals surface area contributed by atoms with Gasteiger partial charge in [0.15, 0.2) is 0 Å². The van der Waals surface area contributed by atoms with Gasteiger partial charge in [0.2, 0.25) is 10.0 Å².